The number of hydrogen-bond acceptors (Lipinski definition) is 4. The first kappa shape index (κ1) is 17.0. The van der Waals surface area contributed by atoms with E-state index in [0.717, 1.165) is 22.7 Å². The Labute approximate surface area is 128 Å². The van der Waals surface area contributed by atoms with E-state index in [1.165, 1.54) is 11.4 Å². The molecule has 0 saturated heterocycles. The Morgan fingerprint density at radius 3 is 2.79 bits per heavy atom. The van der Waals surface area contributed by atoms with E-state index in [0.29, 0.717) is 12.6 Å². The number of thioether (sulfide) groups is 1. The van der Waals surface area contributed by atoms with Gasteiger partial charge in [-0.25, -0.2) is 0 Å². The molecule has 1 N–H and O–H groups in total. The molecule has 0 aliphatic rings. The summed E-state index contributed by atoms with van der Waals surface area (Å²) in [6.07, 6.45) is 1.86. The Morgan fingerprint density at radius 2 is 2.21 bits per heavy atom. The van der Waals surface area contributed by atoms with Crippen molar-refractivity contribution in [3.63, 3.8) is 0 Å². The predicted octanol–water partition coefficient (Wildman–Crippen LogP) is 2.94. The van der Waals surface area contributed by atoms with Crippen molar-refractivity contribution in [2.75, 3.05) is 32.3 Å². The summed E-state index contributed by atoms with van der Waals surface area (Å²) in [5, 5.41) is 7.79. The van der Waals surface area contributed by atoms with Gasteiger partial charge in [0.1, 0.15) is 0 Å². The van der Waals surface area contributed by atoms with Gasteiger partial charge in [0.15, 0.2) is 0 Å². The van der Waals surface area contributed by atoms with Crippen LogP contribution in [0.5, 0.6) is 0 Å². The number of methoxy groups -OCH3 is 1. The molecule has 0 fully saturated rings. The Bertz CT molecular complexity index is 371. The van der Waals surface area contributed by atoms with E-state index in [2.05, 4.69) is 40.2 Å². The van der Waals surface area contributed by atoms with Gasteiger partial charge in [-0.3, -0.25) is 4.68 Å². The maximum Gasteiger partial charge on any atom is 0.0705 e. The number of nitrogens with zero attached hydrogens (tertiary/aromatic N) is 2. The van der Waals surface area contributed by atoms with Crippen LogP contribution in [0.25, 0.3) is 0 Å². The Morgan fingerprint density at radius 1 is 1.47 bits per heavy atom. The molecule has 110 valence electrons. The van der Waals surface area contributed by atoms with Gasteiger partial charge in [-0.05, 0) is 34.6 Å². The zero-order valence-electron chi connectivity index (χ0n) is 12.1. The second-order valence-corrected chi connectivity index (χ2v) is 6.80. The molecule has 0 spiro atoms. The second kappa shape index (κ2) is 9.00. The molecule has 0 aromatic carbocycles. The molecule has 0 bridgehead atoms. The smallest absolute Gasteiger partial charge is 0.0705 e. The molecular weight excluding hydrogens is 326 g/mol. The third-order valence-corrected chi connectivity index (χ3v) is 4.84. The molecule has 19 heavy (non-hydrogen) atoms. The standard InChI is InChI=1S/C13H24BrN3OS/c1-10(2)8-19-9-12(15-3)13-11(14)7-16-17(13)5-6-18-4/h7,10,12,15H,5-6,8-9H2,1-4H3. The van der Waals surface area contributed by atoms with Crippen LogP contribution in [0.1, 0.15) is 25.6 Å². The van der Waals surface area contributed by atoms with Crippen LogP contribution in [0.15, 0.2) is 10.7 Å². The first-order chi connectivity index (χ1) is 9.10. The quantitative estimate of drug-likeness (QED) is 0.743. The van der Waals surface area contributed by atoms with E-state index in [-0.39, 0.29) is 0 Å². The number of nitrogens with one attached hydrogen (secondary N) is 1. The molecule has 0 saturated carbocycles. The molecule has 1 atom stereocenters. The third kappa shape index (κ3) is 5.45. The molecule has 0 amide bonds. The van der Waals surface area contributed by atoms with Crippen LogP contribution < -0.4 is 5.32 Å². The summed E-state index contributed by atoms with van der Waals surface area (Å²) in [7, 11) is 3.72. The topological polar surface area (TPSA) is 39.1 Å². The summed E-state index contributed by atoms with van der Waals surface area (Å²) in [4.78, 5) is 0. The number of hydrogen-bond donors (Lipinski definition) is 1. The van der Waals surface area contributed by atoms with Gasteiger partial charge in [0.2, 0.25) is 0 Å². The minimum Gasteiger partial charge on any atom is -0.383 e. The number of aromatic nitrogens is 2. The van der Waals surface area contributed by atoms with Crippen LogP contribution in [0.3, 0.4) is 0 Å². The number of halogens is 1. The summed E-state index contributed by atoms with van der Waals surface area (Å²) in [6, 6.07) is 0.303. The van der Waals surface area contributed by atoms with E-state index in [1.807, 2.05) is 29.7 Å². The van der Waals surface area contributed by atoms with E-state index >= 15 is 0 Å². The fourth-order valence-corrected chi connectivity index (χ4v) is 3.54. The minimum absolute atomic E-state index is 0.303. The van der Waals surface area contributed by atoms with Crippen LogP contribution >= 0.6 is 27.7 Å². The first-order valence-electron chi connectivity index (χ1n) is 6.55. The average molecular weight is 350 g/mol. The van der Waals surface area contributed by atoms with Crippen LogP contribution in [0.4, 0.5) is 0 Å². The van der Waals surface area contributed by atoms with E-state index < -0.39 is 0 Å². The molecule has 0 aliphatic carbocycles. The van der Waals surface area contributed by atoms with Gasteiger partial charge in [-0.1, -0.05) is 13.8 Å². The maximum absolute atomic E-state index is 5.13. The van der Waals surface area contributed by atoms with Crippen LogP contribution in [0, 0.1) is 5.92 Å². The van der Waals surface area contributed by atoms with Crippen molar-refractivity contribution in [2.45, 2.75) is 26.4 Å². The van der Waals surface area contributed by atoms with Crippen molar-refractivity contribution in [3.8, 4) is 0 Å². The summed E-state index contributed by atoms with van der Waals surface area (Å²) >= 11 is 5.58. The van der Waals surface area contributed by atoms with Crippen LogP contribution in [-0.4, -0.2) is 42.1 Å². The molecule has 1 heterocycles. The number of ether oxygens (including phenoxy) is 1. The highest BCUT2D eigenvalue weighted by Crippen LogP contribution is 2.26. The lowest BCUT2D eigenvalue weighted by molar-refractivity contribution is 0.182. The fraction of sp³-hybridized carbons (Fsp3) is 0.769. The van der Waals surface area contributed by atoms with Crippen molar-refractivity contribution in [3.05, 3.63) is 16.4 Å². The van der Waals surface area contributed by atoms with Crippen molar-refractivity contribution in [1.82, 2.24) is 15.1 Å². The first-order valence-corrected chi connectivity index (χ1v) is 8.50. The molecular formula is C13H24BrN3OS. The summed E-state index contributed by atoms with van der Waals surface area (Å²) in [5.41, 5.74) is 1.20. The van der Waals surface area contributed by atoms with Crippen LogP contribution in [-0.2, 0) is 11.3 Å². The predicted molar refractivity (Wildman–Crippen MR) is 85.8 cm³/mol. The van der Waals surface area contributed by atoms with Gasteiger partial charge in [-0.15, -0.1) is 0 Å². The lowest BCUT2D eigenvalue weighted by Crippen LogP contribution is -2.24. The van der Waals surface area contributed by atoms with Gasteiger partial charge < -0.3 is 10.1 Å². The van der Waals surface area contributed by atoms with Gasteiger partial charge in [0.25, 0.3) is 0 Å². The lowest BCUT2D eigenvalue weighted by atomic mass is 10.2. The summed E-state index contributed by atoms with van der Waals surface area (Å²) in [5.74, 6) is 2.96. The molecule has 0 radical (unpaired) electrons. The van der Waals surface area contributed by atoms with E-state index in [4.69, 9.17) is 4.74 Å². The fourth-order valence-electron chi connectivity index (χ4n) is 1.79. The minimum atomic E-state index is 0.303. The van der Waals surface area contributed by atoms with Crippen LogP contribution in [0.2, 0.25) is 0 Å². The SMILES string of the molecule is CNC(CSCC(C)C)c1c(Br)cnn1CCOC. The average Bonchev–Trinajstić information content (AvgIpc) is 2.73. The largest absolute Gasteiger partial charge is 0.383 e. The van der Waals surface area contributed by atoms with Crippen molar-refractivity contribution < 1.29 is 4.74 Å². The lowest BCUT2D eigenvalue weighted by Gasteiger charge is -2.19. The zero-order valence-corrected chi connectivity index (χ0v) is 14.6. The molecule has 1 aromatic heterocycles. The van der Waals surface area contributed by atoms with Gasteiger partial charge in [0.05, 0.1) is 35.6 Å². The third-order valence-electron chi connectivity index (χ3n) is 2.75. The highest BCUT2D eigenvalue weighted by molar-refractivity contribution is 9.10. The monoisotopic (exact) mass is 349 g/mol. The molecule has 1 aromatic rings. The maximum atomic E-state index is 5.13. The van der Waals surface area contributed by atoms with Crippen molar-refractivity contribution in [1.29, 1.82) is 0 Å². The molecule has 0 aliphatic heterocycles. The molecule has 1 rings (SSSR count). The van der Waals surface area contributed by atoms with E-state index in [9.17, 15) is 0 Å². The molecule has 1 unspecified atom stereocenters. The number of rotatable bonds is 9. The van der Waals surface area contributed by atoms with Crippen molar-refractivity contribution in [2.24, 2.45) is 5.92 Å². The molecule has 6 heteroatoms. The Balaban J connectivity index is 2.70. The van der Waals surface area contributed by atoms with E-state index in [1.54, 1.807) is 7.11 Å². The Kier molecular flexibility index (Phi) is 8.06. The highest BCUT2D eigenvalue weighted by atomic mass is 79.9. The van der Waals surface area contributed by atoms with Crippen molar-refractivity contribution >= 4 is 27.7 Å². The van der Waals surface area contributed by atoms with Gasteiger partial charge in [0, 0.05) is 12.9 Å². The van der Waals surface area contributed by atoms with Gasteiger partial charge in [-0.2, -0.15) is 16.9 Å². The van der Waals surface area contributed by atoms with Gasteiger partial charge >= 0.3 is 0 Å². The normalized spacial score (nSPS) is 13.2. The summed E-state index contributed by atoms with van der Waals surface area (Å²) in [6.45, 7) is 5.96. The molecule has 4 nitrogen and oxygen atoms in total. The summed E-state index contributed by atoms with van der Waals surface area (Å²) < 4.78 is 8.22. The zero-order chi connectivity index (χ0) is 14.3. The highest BCUT2D eigenvalue weighted by Gasteiger charge is 2.18. The second-order valence-electron chi connectivity index (χ2n) is 4.87. The Hall–Kier alpha value is -0.0400.